The summed E-state index contributed by atoms with van der Waals surface area (Å²) in [6.45, 7) is 5.83. The van der Waals surface area contributed by atoms with Gasteiger partial charge in [0.25, 0.3) is 5.91 Å². The second-order valence-electron chi connectivity index (χ2n) is 7.49. The summed E-state index contributed by atoms with van der Waals surface area (Å²) >= 11 is 0. The lowest BCUT2D eigenvalue weighted by molar-refractivity contribution is 0.0936. The van der Waals surface area contributed by atoms with Crippen LogP contribution in [0.4, 0.5) is 4.39 Å². The first-order valence-electron chi connectivity index (χ1n) is 9.19. The molecule has 5 heteroatoms. The lowest BCUT2D eigenvalue weighted by Crippen LogP contribution is -2.31. The van der Waals surface area contributed by atoms with Crippen molar-refractivity contribution in [2.24, 2.45) is 0 Å². The summed E-state index contributed by atoms with van der Waals surface area (Å²) in [5.74, 6) is 0.257. The van der Waals surface area contributed by atoms with Gasteiger partial charge in [-0.15, -0.1) is 0 Å². The molecule has 0 saturated carbocycles. The Hall–Kier alpha value is -3.21. The molecule has 1 atom stereocenters. The van der Waals surface area contributed by atoms with Crippen molar-refractivity contribution in [3.63, 3.8) is 0 Å². The van der Waals surface area contributed by atoms with Crippen LogP contribution in [0.5, 0.6) is 5.75 Å². The lowest BCUT2D eigenvalue weighted by atomic mass is 9.85. The fourth-order valence-corrected chi connectivity index (χ4v) is 3.55. The van der Waals surface area contributed by atoms with Crippen LogP contribution in [0, 0.1) is 5.82 Å². The molecular weight excluding hydrogens is 355 g/mol. The fourth-order valence-electron chi connectivity index (χ4n) is 3.55. The van der Waals surface area contributed by atoms with Crippen molar-refractivity contribution >= 4 is 5.91 Å². The molecule has 1 aliphatic rings. The van der Waals surface area contributed by atoms with Crippen molar-refractivity contribution in [3.05, 3.63) is 83.4 Å². The molecule has 142 valence electrons. The van der Waals surface area contributed by atoms with Gasteiger partial charge in [-0.2, -0.15) is 0 Å². The van der Waals surface area contributed by atoms with Crippen molar-refractivity contribution < 1.29 is 13.9 Å². The minimum absolute atomic E-state index is 0.184. The number of halogens is 1. The molecule has 0 bridgehead atoms. The van der Waals surface area contributed by atoms with E-state index in [1.807, 2.05) is 45.0 Å². The smallest absolute Gasteiger partial charge is 0.251 e. The number of aromatic nitrogens is 1. The predicted octanol–water partition coefficient (Wildman–Crippen LogP) is 5.01. The van der Waals surface area contributed by atoms with Crippen molar-refractivity contribution in [3.8, 4) is 16.9 Å². The number of hydrogen-bond donors (Lipinski definition) is 1. The third-order valence-electron chi connectivity index (χ3n) is 5.09. The Balaban J connectivity index is 1.63. The predicted molar refractivity (Wildman–Crippen MR) is 106 cm³/mol. The van der Waals surface area contributed by atoms with Crippen molar-refractivity contribution in [1.29, 1.82) is 0 Å². The summed E-state index contributed by atoms with van der Waals surface area (Å²) in [5.41, 5.74) is 3.78. The summed E-state index contributed by atoms with van der Waals surface area (Å²) in [6, 6.07) is 13.5. The molecule has 0 aliphatic carbocycles. The number of nitrogens with one attached hydrogen (secondary N) is 1. The highest BCUT2D eigenvalue weighted by atomic mass is 19.1. The molecule has 28 heavy (non-hydrogen) atoms. The zero-order valence-corrected chi connectivity index (χ0v) is 16.0. The largest absolute Gasteiger partial charge is 0.481 e. The highest BCUT2D eigenvalue weighted by Gasteiger charge is 2.33. The molecule has 0 unspecified atom stereocenters. The van der Waals surface area contributed by atoms with Gasteiger partial charge >= 0.3 is 0 Å². The molecule has 4 nitrogen and oxygen atoms in total. The number of amides is 1. The number of ether oxygens (including phenoxy) is 1. The van der Waals surface area contributed by atoms with Gasteiger partial charge in [-0.3, -0.25) is 9.78 Å². The lowest BCUT2D eigenvalue weighted by Gasteiger charge is -2.35. The second kappa shape index (κ2) is 6.75. The number of carbonyl (C=O) groups excluding carboxylic acids is 1. The van der Waals surface area contributed by atoms with E-state index in [0.29, 0.717) is 5.56 Å². The minimum atomic E-state index is -0.579. The molecule has 0 radical (unpaired) electrons. The van der Waals surface area contributed by atoms with E-state index < -0.39 is 5.60 Å². The van der Waals surface area contributed by atoms with E-state index in [0.717, 1.165) is 28.0 Å². The molecule has 0 fully saturated rings. The Morgan fingerprint density at radius 3 is 2.61 bits per heavy atom. The Bertz CT molecular complexity index is 1040. The molecule has 0 saturated heterocycles. The molecule has 4 rings (SSSR count). The molecule has 2 heterocycles. The Labute approximate surface area is 163 Å². The number of pyridine rings is 1. The molecule has 3 aromatic rings. The Morgan fingerprint density at radius 1 is 1.11 bits per heavy atom. The molecule has 1 N–H and O–H groups in total. The molecule has 1 aliphatic heterocycles. The van der Waals surface area contributed by atoms with Crippen LogP contribution < -0.4 is 10.1 Å². The van der Waals surface area contributed by atoms with E-state index in [9.17, 15) is 9.18 Å². The van der Waals surface area contributed by atoms with E-state index in [1.165, 1.54) is 12.1 Å². The van der Waals surface area contributed by atoms with E-state index in [1.54, 1.807) is 24.5 Å². The maximum Gasteiger partial charge on any atom is 0.251 e. The SMILES string of the molecule is C[C@@H](NC(=O)c1ccc2c(c1)C(C)(C)Oc1cnccc1-2)c1ccc(F)cc1. The highest BCUT2D eigenvalue weighted by Crippen LogP contribution is 2.44. The van der Waals surface area contributed by atoms with E-state index >= 15 is 0 Å². The van der Waals surface area contributed by atoms with Crippen molar-refractivity contribution in [2.45, 2.75) is 32.4 Å². The first-order chi connectivity index (χ1) is 13.3. The molecule has 0 spiro atoms. The number of fused-ring (bicyclic) bond motifs is 3. The summed E-state index contributed by atoms with van der Waals surface area (Å²) in [4.78, 5) is 16.9. The zero-order chi connectivity index (χ0) is 19.9. The quantitative estimate of drug-likeness (QED) is 0.699. The number of carbonyl (C=O) groups is 1. The van der Waals surface area contributed by atoms with Crippen LogP contribution in [0.3, 0.4) is 0 Å². The van der Waals surface area contributed by atoms with Crippen LogP contribution in [0.2, 0.25) is 0 Å². The van der Waals surface area contributed by atoms with Crippen LogP contribution >= 0.6 is 0 Å². The van der Waals surface area contributed by atoms with Crippen molar-refractivity contribution in [2.75, 3.05) is 0 Å². The monoisotopic (exact) mass is 376 g/mol. The molecular formula is C23H21FN2O2. The van der Waals surface area contributed by atoms with Gasteiger partial charge in [-0.25, -0.2) is 4.39 Å². The van der Waals surface area contributed by atoms with Crippen LogP contribution in [0.15, 0.2) is 60.9 Å². The van der Waals surface area contributed by atoms with Gasteiger partial charge in [0.05, 0.1) is 12.2 Å². The average Bonchev–Trinajstić information content (AvgIpc) is 2.68. The summed E-state index contributed by atoms with van der Waals surface area (Å²) in [6.07, 6.45) is 3.44. The average molecular weight is 376 g/mol. The Kier molecular flexibility index (Phi) is 4.38. The number of hydrogen-bond acceptors (Lipinski definition) is 3. The zero-order valence-electron chi connectivity index (χ0n) is 16.0. The first-order valence-corrected chi connectivity index (χ1v) is 9.19. The third kappa shape index (κ3) is 3.24. The summed E-state index contributed by atoms with van der Waals surface area (Å²) in [5, 5.41) is 2.97. The van der Waals surface area contributed by atoms with E-state index in [2.05, 4.69) is 10.3 Å². The maximum atomic E-state index is 13.1. The standard InChI is InChI=1S/C23H21FN2O2/c1-14(15-4-7-17(24)8-5-15)26-22(27)16-6-9-18-19-10-11-25-13-21(19)28-23(2,3)20(18)12-16/h4-14H,1-3H3,(H,26,27)/t14-/m1/s1. The Morgan fingerprint density at radius 2 is 1.86 bits per heavy atom. The summed E-state index contributed by atoms with van der Waals surface area (Å²) < 4.78 is 19.2. The normalized spacial score (nSPS) is 15.0. The van der Waals surface area contributed by atoms with Crippen LogP contribution in [-0.4, -0.2) is 10.9 Å². The third-order valence-corrected chi connectivity index (χ3v) is 5.09. The topological polar surface area (TPSA) is 51.2 Å². The maximum absolute atomic E-state index is 13.1. The van der Waals surface area contributed by atoms with Crippen LogP contribution in [-0.2, 0) is 5.60 Å². The second-order valence-corrected chi connectivity index (χ2v) is 7.49. The number of nitrogens with zero attached hydrogens (tertiary/aromatic N) is 1. The first kappa shape index (κ1) is 18.2. The minimum Gasteiger partial charge on any atom is -0.481 e. The van der Waals surface area contributed by atoms with Gasteiger partial charge in [0.2, 0.25) is 0 Å². The van der Waals surface area contributed by atoms with Gasteiger partial charge < -0.3 is 10.1 Å². The molecule has 1 aromatic heterocycles. The molecule has 2 aromatic carbocycles. The van der Waals surface area contributed by atoms with Crippen LogP contribution in [0.1, 0.15) is 48.3 Å². The van der Waals surface area contributed by atoms with E-state index in [4.69, 9.17) is 4.74 Å². The van der Waals surface area contributed by atoms with Gasteiger partial charge in [0.1, 0.15) is 17.2 Å². The van der Waals surface area contributed by atoms with Crippen molar-refractivity contribution in [1.82, 2.24) is 10.3 Å². The van der Waals surface area contributed by atoms with Gasteiger partial charge in [-0.1, -0.05) is 18.2 Å². The summed E-state index contributed by atoms with van der Waals surface area (Å²) in [7, 11) is 0. The number of benzene rings is 2. The van der Waals surface area contributed by atoms with Gasteiger partial charge in [0, 0.05) is 22.9 Å². The van der Waals surface area contributed by atoms with Gasteiger partial charge in [-0.05, 0) is 62.2 Å². The van der Waals surface area contributed by atoms with Crippen LogP contribution in [0.25, 0.3) is 11.1 Å². The fraction of sp³-hybridized carbons (Fsp3) is 0.217. The molecule has 1 amide bonds. The highest BCUT2D eigenvalue weighted by molar-refractivity contribution is 5.95. The van der Waals surface area contributed by atoms with Gasteiger partial charge in [0.15, 0.2) is 0 Å². The number of rotatable bonds is 3. The van der Waals surface area contributed by atoms with E-state index in [-0.39, 0.29) is 17.8 Å².